The highest BCUT2D eigenvalue weighted by Gasteiger charge is 2.15. The molecular weight excluding hydrogens is 254 g/mol. The van der Waals surface area contributed by atoms with Gasteiger partial charge in [-0.25, -0.2) is 4.79 Å². The Balaban J connectivity index is 2.53. The van der Waals surface area contributed by atoms with Crippen molar-refractivity contribution in [3.63, 3.8) is 0 Å². The molecule has 1 aromatic rings. The molecular formula is C16H21NO3. The third-order valence-electron chi connectivity index (χ3n) is 2.41. The van der Waals surface area contributed by atoms with Gasteiger partial charge in [-0.15, -0.1) is 5.92 Å². The molecule has 4 heteroatoms. The first-order chi connectivity index (χ1) is 9.31. The zero-order chi connectivity index (χ0) is 15.2. The fourth-order valence-electron chi connectivity index (χ4n) is 1.53. The van der Waals surface area contributed by atoms with E-state index in [4.69, 9.17) is 4.74 Å². The van der Waals surface area contributed by atoms with Crippen LogP contribution < -0.4 is 5.32 Å². The summed E-state index contributed by atoms with van der Waals surface area (Å²) in [6.07, 6.45) is -1.22. The molecule has 1 amide bonds. The average Bonchev–Trinajstić information content (AvgIpc) is 2.35. The van der Waals surface area contributed by atoms with Gasteiger partial charge >= 0.3 is 6.09 Å². The second-order valence-electron chi connectivity index (χ2n) is 5.39. The summed E-state index contributed by atoms with van der Waals surface area (Å²) in [5.41, 5.74) is 1.16. The Morgan fingerprint density at radius 3 is 2.45 bits per heavy atom. The van der Waals surface area contributed by atoms with Gasteiger partial charge in [0.15, 0.2) is 0 Å². The van der Waals surface area contributed by atoms with Crippen LogP contribution in [-0.4, -0.2) is 16.8 Å². The van der Waals surface area contributed by atoms with E-state index in [1.54, 1.807) is 19.1 Å². The normalized spacial score (nSPS) is 12.1. The summed E-state index contributed by atoms with van der Waals surface area (Å²) in [6.45, 7) is 7.51. The Labute approximate surface area is 120 Å². The number of carbonyl (C=O) groups is 1. The highest BCUT2D eigenvalue weighted by Crippen LogP contribution is 2.13. The highest BCUT2D eigenvalue weighted by molar-refractivity contribution is 5.67. The van der Waals surface area contributed by atoms with Crippen LogP contribution in [0.4, 0.5) is 4.79 Å². The van der Waals surface area contributed by atoms with Crippen LogP contribution in [-0.2, 0) is 11.3 Å². The molecule has 0 saturated heterocycles. The number of aliphatic hydroxyl groups excluding tert-OH is 1. The second-order valence-corrected chi connectivity index (χ2v) is 5.39. The minimum atomic E-state index is -0.770. The highest BCUT2D eigenvalue weighted by atomic mass is 16.6. The molecule has 1 atom stereocenters. The third kappa shape index (κ3) is 5.77. The lowest BCUT2D eigenvalue weighted by Gasteiger charge is -2.19. The summed E-state index contributed by atoms with van der Waals surface area (Å²) in [5.74, 6) is 5.34. The van der Waals surface area contributed by atoms with E-state index in [1.165, 1.54) is 0 Å². The van der Waals surface area contributed by atoms with Crippen molar-refractivity contribution in [1.82, 2.24) is 5.32 Å². The van der Waals surface area contributed by atoms with Gasteiger partial charge in [0.1, 0.15) is 11.7 Å². The molecule has 4 nitrogen and oxygen atoms in total. The lowest BCUT2D eigenvalue weighted by atomic mass is 10.1. The maximum absolute atomic E-state index is 11.5. The Hall–Kier alpha value is -1.99. The molecule has 20 heavy (non-hydrogen) atoms. The molecule has 0 saturated carbocycles. The van der Waals surface area contributed by atoms with E-state index in [0.29, 0.717) is 6.54 Å². The first kappa shape index (κ1) is 16.1. The largest absolute Gasteiger partial charge is 0.444 e. The van der Waals surface area contributed by atoms with Crippen molar-refractivity contribution in [2.24, 2.45) is 0 Å². The van der Waals surface area contributed by atoms with E-state index in [2.05, 4.69) is 17.2 Å². The summed E-state index contributed by atoms with van der Waals surface area (Å²) < 4.78 is 5.15. The van der Waals surface area contributed by atoms with E-state index < -0.39 is 17.8 Å². The topological polar surface area (TPSA) is 58.6 Å². The Morgan fingerprint density at radius 2 is 1.95 bits per heavy atom. The van der Waals surface area contributed by atoms with Crippen LogP contribution in [0.3, 0.4) is 0 Å². The number of ether oxygens (including phenoxy) is 1. The smallest absolute Gasteiger partial charge is 0.407 e. The molecule has 0 aliphatic carbocycles. The predicted molar refractivity (Wildman–Crippen MR) is 77.9 cm³/mol. The van der Waals surface area contributed by atoms with Gasteiger partial charge in [0, 0.05) is 6.54 Å². The number of benzene rings is 1. The van der Waals surface area contributed by atoms with Crippen molar-refractivity contribution in [3.8, 4) is 11.8 Å². The minimum absolute atomic E-state index is 0.380. The van der Waals surface area contributed by atoms with Gasteiger partial charge in [0.2, 0.25) is 0 Å². The molecule has 1 rings (SSSR count). The van der Waals surface area contributed by atoms with Gasteiger partial charge in [-0.2, -0.15) is 0 Å². The molecule has 2 N–H and O–H groups in total. The Morgan fingerprint density at radius 1 is 1.35 bits per heavy atom. The van der Waals surface area contributed by atoms with E-state index >= 15 is 0 Å². The van der Waals surface area contributed by atoms with Crippen molar-refractivity contribution >= 4 is 6.09 Å². The van der Waals surface area contributed by atoms with E-state index in [1.807, 2.05) is 32.9 Å². The number of rotatable bonds is 3. The molecule has 1 unspecified atom stereocenters. The Bertz CT molecular complexity index is 503. The summed E-state index contributed by atoms with van der Waals surface area (Å²) in [5, 5.41) is 12.4. The lowest BCUT2D eigenvalue weighted by molar-refractivity contribution is 0.0523. The first-order valence-electron chi connectivity index (χ1n) is 6.48. The molecule has 108 valence electrons. The van der Waals surface area contributed by atoms with E-state index in [-0.39, 0.29) is 0 Å². The monoisotopic (exact) mass is 275 g/mol. The van der Waals surface area contributed by atoms with E-state index in [9.17, 15) is 9.90 Å². The molecule has 0 radical (unpaired) electrons. The SMILES string of the molecule is CC#CC(O)c1ccc(CNC(=O)OC(C)(C)C)cc1. The van der Waals surface area contributed by atoms with Crippen LogP contribution in [0.1, 0.15) is 44.9 Å². The Kier molecular flexibility index (Phi) is 5.60. The van der Waals surface area contributed by atoms with Gasteiger partial charge in [-0.1, -0.05) is 30.2 Å². The van der Waals surface area contributed by atoms with Gasteiger partial charge < -0.3 is 15.2 Å². The first-order valence-corrected chi connectivity index (χ1v) is 6.48. The van der Waals surface area contributed by atoms with Crippen LogP contribution in [0, 0.1) is 11.8 Å². The van der Waals surface area contributed by atoms with Gasteiger partial charge in [0.05, 0.1) is 0 Å². The fourth-order valence-corrected chi connectivity index (χ4v) is 1.53. The molecule has 0 heterocycles. The van der Waals surface area contributed by atoms with Crippen LogP contribution in [0.5, 0.6) is 0 Å². The number of alkyl carbamates (subject to hydrolysis) is 1. The van der Waals surface area contributed by atoms with Gasteiger partial charge in [-0.3, -0.25) is 0 Å². The summed E-state index contributed by atoms with van der Waals surface area (Å²) in [6, 6.07) is 7.27. The molecule has 0 fully saturated rings. The van der Waals surface area contributed by atoms with Crippen molar-refractivity contribution in [2.45, 2.75) is 45.9 Å². The van der Waals surface area contributed by atoms with E-state index in [0.717, 1.165) is 11.1 Å². The number of hydrogen-bond acceptors (Lipinski definition) is 3. The number of hydrogen-bond donors (Lipinski definition) is 2. The number of aliphatic hydroxyl groups is 1. The molecule has 0 aromatic heterocycles. The fraction of sp³-hybridized carbons (Fsp3) is 0.438. The zero-order valence-corrected chi connectivity index (χ0v) is 12.4. The summed E-state index contributed by atoms with van der Waals surface area (Å²) >= 11 is 0. The summed E-state index contributed by atoms with van der Waals surface area (Å²) in [4.78, 5) is 11.5. The van der Waals surface area contributed by atoms with Crippen LogP contribution in [0.2, 0.25) is 0 Å². The molecule has 1 aromatic carbocycles. The minimum Gasteiger partial charge on any atom is -0.444 e. The zero-order valence-electron chi connectivity index (χ0n) is 12.4. The number of carbonyl (C=O) groups excluding carboxylic acids is 1. The van der Waals surface area contributed by atoms with Crippen molar-refractivity contribution in [3.05, 3.63) is 35.4 Å². The molecule has 0 aliphatic heterocycles. The van der Waals surface area contributed by atoms with Gasteiger partial charge in [-0.05, 0) is 38.8 Å². The van der Waals surface area contributed by atoms with Crippen molar-refractivity contribution < 1.29 is 14.6 Å². The molecule has 0 spiro atoms. The quantitative estimate of drug-likeness (QED) is 0.834. The predicted octanol–water partition coefficient (Wildman–Crippen LogP) is 2.77. The van der Waals surface area contributed by atoms with Crippen molar-refractivity contribution in [2.75, 3.05) is 0 Å². The number of nitrogens with one attached hydrogen (secondary N) is 1. The third-order valence-corrected chi connectivity index (χ3v) is 2.41. The van der Waals surface area contributed by atoms with Gasteiger partial charge in [0.25, 0.3) is 0 Å². The van der Waals surface area contributed by atoms with Crippen LogP contribution in [0.15, 0.2) is 24.3 Å². The van der Waals surface area contributed by atoms with Crippen LogP contribution in [0.25, 0.3) is 0 Å². The molecule has 0 aliphatic rings. The maximum Gasteiger partial charge on any atom is 0.407 e. The summed E-state index contributed by atoms with van der Waals surface area (Å²) in [7, 11) is 0. The lowest BCUT2D eigenvalue weighted by Crippen LogP contribution is -2.32. The molecule has 0 bridgehead atoms. The van der Waals surface area contributed by atoms with Crippen molar-refractivity contribution in [1.29, 1.82) is 0 Å². The maximum atomic E-state index is 11.5. The second kappa shape index (κ2) is 6.97. The average molecular weight is 275 g/mol. The standard InChI is InChI=1S/C16H21NO3/c1-5-6-14(18)13-9-7-12(8-10-13)11-17-15(19)20-16(2,3)4/h7-10,14,18H,11H2,1-4H3,(H,17,19). The van der Waals surface area contributed by atoms with Crippen LogP contribution >= 0.6 is 0 Å². The number of amides is 1.